The van der Waals surface area contributed by atoms with E-state index < -0.39 is 10.0 Å². The van der Waals surface area contributed by atoms with E-state index in [4.69, 9.17) is 4.52 Å². The van der Waals surface area contributed by atoms with E-state index in [9.17, 15) is 18.0 Å². The van der Waals surface area contributed by atoms with Crippen molar-refractivity contribution in [3.05, 3.63) is 87.6 Å². The normalized spacial score (nSPS) is 14.2. The zero-order chi connectivity index (χ0) is 29.0. The third kappa shape index (κ3) is 6.55. The quantitative estimate of drug-likeness (QED) is 0.279. The van der Waals surface area contributed by atoms with Crippen molar-refractivity contribution in [2.45, 2.75) is 37.5 Å². The fraction of sp³-hybridized carbons (Fsp3) is 0.310. The Morgan fingerprint density at radius 2 is 1.73 bits per heavy atom. The van der Waals surface area contributed by atoms with Crippen molar-refractivity contribution in [2.75, 3.05) is 26.2 Å². The zero-order valence-electron chi connectivity index (χ0n) is 22.8. The molecule has 5 rings (SSSR count). The van der Waals surface area contributed by atoms with Gasteiger partial charge >= 0.3 is 0 Å². The summed E-state index contributed by atoms with van der Waals surface area (Å²) in [6.07, 6.45) is 1.46. The Morgan fingerprint density at radius 3 is 2.44 bits per heavy atom. The van der Waals surface area contributed by atoms with Crippen molar-refractivity contribution in [1.82, 2.24) is 25.1 Å². The van der Waals surface area contributed by atoms with Gasteiger partial charge in [0.1, 0.15) is 22.7 Å². The van der Waals surface area contributed by atoms with Crippen molar-refractivity contribution < 1.29 is 22.5 Å². The Labute approximate surface area is 242 Å². The lowest BCUT2D eigenvalue weighted by atomic mass is 9.96. The fourth-order valence-corrected chi connectivity index (χ4v) is 6.74. The number of likely N-dealkylation sites (tertiary alicyclic amines) is 1. The molecule has 0 radical (unpaired) electrons. The van der Waals surface area contributed by atoms with Crippen LogP contribution in [0, 0.1) is 13.8 Å². The van der Waals surface area contributed by atoms with Gasteiger partial charge in [0, 0.05) is 43.0 Å². The van der Waals surface area contributed by atoms with Crippen LogP contribution in [0.1, 0.15) is 55.9 Å². The molecule has 2 amide bonds. The Bertz CT molecular complexity index is 1620. The molecule has 0 aliphatic carbocycles. The molecule has 214 valence electrons. The van der Waals surface area contributed by atoms with E-state index in [-0.39, 0.29) is 35.7 Å². The summed E-state index contributed by atoms with van der Waals surface area (Å²) in [5.74, 6) is 0.183. The first-order valence-electron chi connectivity index (χ1n) is 13.3. The number of sulfonamides is 1. The van der Waals surface area contributed by atoms with Crippen molar-refractivity contribution in [2.24, 2.45) is 0 Å². The van der Waals surface area contributed by atoms with E-state index in [0.29, 0.717) is 35.8 Å². The molecule has 0 unspecified atom stereocenters. The highest BCUT2D eigenvalue weighted by atomic mass is 32.2. The number of thiazole rings is 1. The van der Waals surface area contributed by atoms with Gasteiger partial charge in [-0.2, -0.15) is 0 Å². The molecular formula is C29H31N5O5S2. The Balaban J connectivity index is 1.12. The summed E-state index contributed by atoms with van der Waals surface area (Å²) in [5, 5.41) is 9.43. The summed E-state index contributed by atoms with van der Waals surface area (Å²) in [6, 6.07) is 16.1. The molecule has 1 aliphatic rings. The molecular weight excluding hydrogens is 562 g/mol. The van der Waals surface area contributed by atoms with Crippen LogP contribution in [-0.2, 0) is 10.0 Å². The number of nitrogens with zero attached hydrogens (tertiary/aromatic N) is 3. The highest BCUT2D eigenvalue weighted by Crippen LogP contribution is 2.32. The largest absolute Gasteiger partial charge is 0.360 e. The SMILES string of the molecule is Cc1ccc(S(=O)(=O)NCCNC(=O)c2csc(C3CCN(C(=O)c4c(-c5ccccc5)noc4C)CC3)n2)cc1. The number of carbonyl (C=O) groups is 2. The van der Waals surface area contributed by atoms with Crippen molar-refractivity contribution in [3.63, 3.8) is 0 Å². The van der Waals surface area contributed by atoms with Gasteiger partial charge in [0.25, 0.3) is 11.8 Å². The molecule has 1 saturated heterocycles. The topological polar surface area (TPSA) is 134 Å². The molecule has 0 atom stereocenters. The van der Waals surface area contributed by atoms with E-state index in [0.717, 1.165) is 29.0 Å². The number of piperidine rings is 1. The fourth-order valence-electron chi connectivity index (χ4n) is 4.74. The molecule has 10 nitrogen and oxygen atoms in total. The van der Waals surface area contributed by atoms with Crippen molar-refractivity contribution in [1.29, 1.82) is 0 Å². The van der Waals surface area contributed by atoms with Gasteiger partial charge in [0.15, 0.2) is 0 Å². The highest BCUT2D eigenvalue weighted by Gasteiger charge is 2.31. The van der Waals surface area contributed by atoms with Gasteiger partial charge in [-0.1, -0.05) is 53.2 Å². The molecule has 2 aromatic heterocycles. The molecule has 1 fully saturated rings. The van der Waals surface area contributed by atoms with Gasteiger partial charge in [0.05, 0.1) is 9.90 Å². The van der Waals surface area contributed by atoms with Gasteiger partial charge in [-0.3, -0.25) is 9.59 Å². The van der Waals surface area contributed by atoms with Crippen LogP contribution in [0.5, 0.6) is 0 Å². The van der Waals surface area contributed by atoms with Crippen LogP contribution in [0.2, 0.25) is 0 Å². The van der Waals surface area contributed by atoms with Gasteiger partial charge in [0.2, 0.25) is 10.0 Å². The molecule has 2 aromatic carbocycles. The van der Waals surface area contributed by atoms with E-state index in [2.05, 4.69) is 20.2 Å². The second-order valence-electron chi connectivity index (χ2n) is 9.93. The summed E-state index contributed by atoms with van der Waals surface area (Å²) in [4.78, 5) is 32.6. The molecule has 1 aliphatic heterocycles. The molecule has 12 heteroatoms. The Morgan fingerprint density at radius 1 is 1.02 bits per heavy atom. The summed E-state index contributed by atoms with van der Waals surface area (Å²) in [6.45, 7) is 4.94. The van der Waals surface area contributed by atoms with Crippen LogP contribution in [-0.4, -0.2) is 61.5 Å². The molecule has 2 N–H and O–H groups in total. The number of hydrogen-bond donors (Lipinski definition) is 2. The second kappa shape index (κ2) is 12.3. The maximum atomic E-state index is 13.4. The van der Waals surface area contributed by atoms with E-state index in [1.807, 2.05) is 42.2 Å². The highest BCUT2D eigenvalue weighted by molar-refractivity contribution is 7.89. The van der Waals surface area contributed by atoms with Crippen LogP contribution in [0.4, 0.5) is 0 Å². The molecule has 0 spiro atoms. The maximum Gasteiger partial charge on any atom is 0.270 e. The van der Waals surface area contributed by atoms with Crippen LogP contribution in [0.3, 0.4) is 0 Å². The zero-order valence-corrected chi connectivity index (χ0v) is 24.4. The Kier molecular flexibility index (Phi) is 8.62. The lowest BCUT2D eigenvalue weighted by molar-refractivity contribution is 0.0711. The summed E-state index contributed by atoms with van der Waals surface area (Å²) >= 11 is 1.42. The Hall–Kier alpha value is -3.87. The number of amides is 2. The summed E-state index contributed by atoms with van der Waals surface area (Å²) < 4.78 is 32.7. The smallest absolute Gasteiger partial charge is 0.270 e. The minimum atomic E-state index is -3.65. The minimum Gasteiger partial charge on any atom is -0.360 e. The van der Waals surface area contributed by atoms with E-state index in [1.54, 1.807) is 36.6 Å². The average molecular weight is 594 g/mol. The molecule has 41 heavy (non-hydrogen) atoms. The van der Waals surface area contributed by atoms with Gasteiger partial charge < -0.3 is 14.7 Å². The van der Waals surface area contributed by atoms with Crippen molar-refractivity contribution in [3.8, 4) is 11.3 Å². The molecule has 0 bridgehead atoms. The number of aryl methyl sites for hydroxylation is 2. The molecule has 4 aromatic rings. The van der Waals surface area contributed by atoms with Crippen LogP contribution in [0.25, 0.3) is 11.3 Å². The van der Waals surface area contributed by atoms with E-state index >= 15 is 0 Å². The van der Waals surface area contributed by atoms with Crippen LogP contribution < -0.4 is 10.0 Å². The average Bonchev–Trinajstić information content (AvgIpc) is 3.63. The number of nitrogens with one attached hydrogen (secondary N) is 2. The third-order valence-electron chi connectivity index (χ3n) is 7.04. The number of rotatable bonds is 9. The first-order chi connectivity index (χ1) is 19.7. The summed E-state index contributed by atoms with van der Waals surface area (Å²) in [5.41, 5.74) is 3.15. The number of carbonyl (C=O) groups excluding carboxylic acids is 2. The van der Waals surface area contributed by atoms with E-state index in [1.165, 1.54) is 11.3 Å². The molecule has 0 saturated carbocycles. The monoisotopic (exact) mass is 593 g/mol. The van der Waals surface area contributed by atoms with Gasteiger partial charge in [-0.25, -0.2) is 18.1 Å². The first kappa shape index (κ1) is 28.7. The second-order valence-corrected chi connectivity index (χ2v) is 12.6. The van der Waals surface area contributed by atoms with Crippen LogP contribution in [0.15, 0.2) is 69.4 Å². The lowest BCUT2D eigenvalue weighted by Crippen LogP contribution is -2.38. The standard InChI is InChI=1S/C29H31N5O5S2/c1-19-8-10-23(11-9-19)41(37,38)31-15-14-30-27(35)24-18-40-28(32-24)22-12-16-34(17-13-22)29(36)25-20(2)39-33-26(25)21-6-4-3-5-7-21/h3-11,18,22,31H,12-17H2,1-2H3,(H,30,35). The molecule has 3 heterocycles. The lowest BCUT2D eigenvalue weighted by Gasteiger charge is -2.31. The first-order valence-corrected chi connectivity index (χ1v) is 15.7. The van der Waals surface area contributed by atoms with Gasteiger partial charge in [-0.05, 0) is 38.8 Å². The predicted octanol–water partition coefficient (Wildman–Crippen LogP) is 4.14. The minimum absolute atomic E-state index is 0.0586. The number of benzene rings is 2. The van der Waals surface area contributed by atoms with Gasteiger partial charge in [-0.15, -0.1) is 11.3 Å². The predicted molar refractivity (Wildman–Crippen MR) is 155 cm³/mol. The number of hydrogen-bond acceptors (Lipinski definition) is 8. The van der Waals surface area contributed by atoms with Crippen LogP contribution >= 0.6 is 11.3 Å². The number of aromatic nitrogens is 2. The summed E-state index contributed by atoms with van der Waals surface area (Å²) in [7, 11) is -3.65. The third-order valence-corrected chi connectivity index (χ3v) is 9.53. The van der Waals surface area contributed by atoms with Crippen molar-refractivity contribution >= 4 is 33.2 Å². The maximum absolute atomic E-state index is 13.4.